The number of nitrogens with zero attached hydrogens (tertiary/aromatic N) is 3. The van der Waals surface area contributed by atoms with E-state index in [1.54, 1.807) is 12.4 Å². The van der Waals surface area contributed by atoms with Crippen LogP contribution in [0.4, 0.5) is 5.69 Å². The van der Waals surface area contributed by atoms with E-state index < -0.39 is 0 Å². The lowest BCUT2D eigenvalue weighted by Gasteiger charge is -2.33. The molecule has 1 aliphatic heterocycles. The highest BCUT2D eigenvalue weighted by atomic mass is 16.1. The van der Waals surface area contributed by atoms with Crippen molar-refractivity contribution in [1.82, 2.24) is 14.9 Å². The number of carbonyl (C=O) groups is 1. The van der Waals surface area contributed by atoms with Crippen molar-refractivity contribution in [3.05, 3.63) is 78.2 Å². The zero-order valence-corrected chi connectivity index (χ0v) is 16.7. The average molecular weight is 386 g/mol. The van der Waals surface area contributed by atoms with Gasteiger partial charge >= 0.3 is 0 Å². The largest absolute Gasteiger partial charge is 0.326 e. The molecule has 1 amide bonds. The monoisotopic (exact) mass is 386 g/mol. The first kappa shape index (κ1) is 19.3. The lowest BCUT2D eigenvalue weighted by Crippen LogP contribution is -2.34. The van der Waals surface area contributed by atoms with E-state index in [-0.39, 0.29) is 5.91 Å². The second kappa shape index (κ2) is 8.97. The molecule has 5 nitrogen and oxygen atoms in total. The van der Waals surface area contributed by atoms with Crippen molar-refractivity contribution in [3.63, 3.8) is 0 Å². The molecular weight excluding hydrogens is 360 g/mol. The number of amides is 1. The summed E-state index contributed by atoms with van der Waals surface area (Å²) in [6.45, 7) is 4.57. The van der Waals surface area contributed by atoms with E-state index in [2.05, 4.69) is 45.5 Å². The van der Waals surface area contributed by atoms with Crippen molar-refractivity contribution in [1.29, 1.82) is 0 Å². The summed E-state index contributed by atoms with van der Waals surface area (Å²) in [5, 5.41) is 2.85. The number of benzene rings is 2. The molecular formula is C24H26N4O. The Morgan fingerprint density at radius 3 is 2.76 bits per heavy atom. The summed E-state index contributed by atoms with van der Waals surface area (Å²) in [6.07, 6.45) is 5.79. The van der Waals surface area contributed by atoms with Crippen molar-refractivity contribution in [3.8, 4) is 11.3 Å². The number of anilines is 1. The molecule has 0 radical (unpaired) electrons. The Morgan fingerprint density at radius 2 is 1.93 bits per heavy atom. The number of piperidine rings is 1. The molecule has 3 aromatic rings. The Kier molecular flexibility index (Phi) is 5.96. The quantitative estimate of drug-likeness (QED) is 0.702. The predicted octanol–water partition coefficient (Wildman–Crippen LogP) is 4.48. The van der Waals surface area contributed by atoms with Crippen molar-refractivity contribution in [2.24, 2.45) is 0 Å². The number of hydrogen-bond donors (Lipinski definition) is 1. The summed E-state index contributed by atoms with van der Waals surface area (Å²) >= 11 is 0. The van der Waals surface area contributed by atoms with E-state index in [1.807, 2.05) is 24.3 Å². The van der Waals surface area contributed by atoms with Crippen molar-refractivity contribution < 1.29 is 4.79 Å². The summed E-state index contributed by atoms with van der Waals surface area (Å²) in [4.78, 5) is 23.3. The second-order valence-electron chi connectivity index (χ2n) is 7.61. The minimum Gasteiger partial charge on any atom is -0.326 e. The topological polar surface area (TPSA) is 58.1 Å². The van der Waals surface area contributed by atoms with Crippen LogP contribution < -0.4 is 5.32 Å². The standard InChI is InChI=1S/C24H26N4O/c1-18(29)27-22-11-5-9-20(15-22)23-24(26-13-12-25-23)21-10-6-14-28(17-21)16-19-7-3-2-4-8-19/h2-5,7-9,11-13,15,21H,6,10,14,16-17H2,1H3,(H,27,29)/t21-/m1/s1. The molecule has 1 aliphatic rings. The second-order valence-corrected chi connectivity index (χ2v) is 7.61. The van der Waals surface area contributed by atoms with Gasteiger partial charge in [-0.3, -0.25) is 19.7 Å². The molecule has 0 saturated carbocycles. The van der Waals surface area contributed by atoms with E-state index in [4.69, 9.17) is 4.98 Å². The van der Waals surface area contributed by atoms with Gasteiger partial charge in [0.2, 0.25) is 5.91 Å². The Hall–Kier alpha value is -3.05. The molecule has 1 N–H and O–H groups in total. The molecule has 1 saturated heterocycles. The van der Waals surface area contributed by atoms with Crippen LogP contribution >= 0.6 is 0 Å². The molecule has 1 fully saturated rings. The number of likely N-dealkylation sites (tertiary alicyclic amines) is 1. The van der Waals surface area contributed by atoms with E-state index in [0.29, 0.717) is 5.92 Å². The minimum absolute atomic E-state index is 0.0784. The molecule has 4 rings (SSSR count). The molecule has 0 bridgehead atoms. The first-order valence-corrected chi connectivity index (χ1v) is 10.1. The van der Waals surface area contributed by atoms with Crippen LogP contribution in [0.5, 0.6) is 0 Å². The van der Waals surface area contributed by atoms with Crippen LogP contribution in [-0.2, 0) is 11.3 Å². The summed E-state index contributed by atoms with van der Waals surface area (Å²) < 4.78 is 0. The predicted molar refractivity (Wildman–Crippen MR) is 115 cm³/mol. The smallest absolute Gasteiger partial charge is 0.221 e. The number of nitrogens with one attached hydrogen (secondary N) is 1. The molecule has 0 aliphatic carbocycles. The Balaban J connectivity index is 1.57. The van der Waals surface area contributed by atoms with Crippen molar-refractivity contribution in [2.45, 2.75) is 32.2 Å². The molecule has 2 heterocycles. The van der Waals surface area contributed by atoms with Gasteiger partial charge in [-0.15, -0.1) is 0 Å². The maximum atomic E-state index is 11.4. The molecule has 1 aromatic heterocycles. The fraction of sp³-hybridized carbons (Fsp3) is 0.292. The summed E-state index contributed by atoms with van der Waals surface area (Å²) in [5.74, 6) is 0.269. The zero-order valence-electron chi connectivity index (χ0n) is 16.7. The van der Waals surface area contributed by atoms with Crippen LogP contribution in [0.1, 0.15) is 36.9 Å². The minimum atomic E-state index is -0.0784. The summed E-state index contributed by atoms with van der Waals surface area (Å²) in [7, 11) is 0. The van der Waals surface area contributed by atoms with Gasteiger partial charge in [-0.2, -0.15) is 0 Å². The van der Waals surface area contributed by atoms with Gasteiger partial charge in [0, 0.05) is 49.6 Å². The Labute approximate surface area is 171 Å². The number of hydrogen-bond acceptors (Lipinski definition) is 4. The fourth-order valence-electron chi connectivity index (χ4n) is 4.08. The van der Waals surface area contributed by atoms with Crippen LogP contribution in [0.3, 0.4) is 0 Å². The number of aromatic nitrogens is 2. The third-order valence-electron chi connectivity index (χ3n) is 5.32. The summed E-state index contributed by atoms with van der Waals surface area (Å²) in [6, 6.07) is 18.5. The van der Waals surface area contributed by atoms with Gasteiger partial charge in [-0.05, 0) is 37.1 Å². The lowest BCUT2D eigenvalue weighted by molar-refractivity contribution is -0.114. The van der Waals surface area contributed by atoms with Gasteiger partial charge in [-0.25, -0.2) is 0 Å². The SMILES string of the molecule is CC(=O)Nc1cccc(-c2nccnc2[C@@H]2CCCN(Cc3ccccc3)C2)c1. The normalized spacial score (nSPS) is 17.1. The maximum absolute atomic E-state index is 11.4. The van der Waals surface area contributed by atoms with Gasteiger partial charge < -0.3 is 5.32 Å². The van der Waals surface area contributed by atoms with Crippen LogP contribution in [0.25, 0.3) is 11.3 Å². The zero-order chi connectivity index (χ0) is 20.1. The highest BCUT2D eigenvalue weighted by molar-refractivity contribution is 5.89. The summed E-state index contributed by atoms with van der Waals surface area (Å²) in [5.41, 5.74) is 5.06. The molecule has 0 spiro atoms. The van der Waals surface area contributed by atoms with E-state index in [1.165, 1.54) is 12.5 Å². The Bertz CT molecular complexity index is 973. The molecule has 0 unspecified atom stereocenters. The third-order valence-corrected chi connectivity index (χ3v) is 5.32. The molecule has 148 valence electrons. The van der Waals surface area contributed by atoms with Gasteiger partial charge in [0.15, 0.2) is 0 Å². The third kappa shape index (κ3) is 4.87. The van der Waals surface area contributed by atoms with Crippen LogP contribution in [0, 0.1) is 0 Å². The maximum Gasteiger partial charge on any atom is 0.221 e. The van der Waals surface area contributed by atoms with Crippen LogP contribution in [0.2, 0.25) is 0 Å². The number of carbonyl (C=O) groups excluding carboxylic acids is 1. The Morgan fingerprint density at radius 1 is 1.10 bits per heavy atom. The average Bonchev–Trinajstić information content (AvgIpc) is 2.74. The number of rotatable bonds is 5. The highest BCUT2D eigenvalue weighted by Crippen LogP contribution is 2.33. The van der Waals surface area contributed by atoms with E-state index >= 15 is 0 Å². The van der Waals surface area contributed by atoms with Gasteiger partial charge in [0.05, 0.1) is 11.4 Å². The highest BCUT2D eigenvalue weighted by Gasteiger charge is 2.25. The fourth-order valence-corrected chi connectivity index (χ4v) is 4.08. The van der Waals surface area contributed by atoms with E-state index in [9.17, 15) is 4.79 Å². The van der Waals surface area contributed by atoms with Crippen molar-refractivity contribution in [2.75, 3.05) is 18.4 Å². The molecule has 5 heteroatoms. The van der Waals surface area contributed by atoms with Crippen molar-refractivity contribution >= 4 is 11.6 Å². The van der Waals surface area contributed by atoms with Crippen LogP contribution in [-0.4, -0.2) is 33.9 Å². The molecule has 2 aromatic carbocycles. The van der Waals surface area contributed by atoms with E-state index in [0.717, 1.165) is 55.1 Å². The molecule has 29 heavy (non-hydrogen) atoms. The van der Waals surface area contributed by atoms with Gasteiger partial charge in [0.25, 0.3) is 0 Å². The van der Waals surface area contributed by atoms with Gasteiger partial charge in [-0.1, -0.05) is 42.5 Å². The first-order chi connectivity index (χ1) is 14.2. The van der Waals surface area contributed by atoms with Gasteiger partial charge in [0.1, 0.15) is 0 Å². The molecule has 1 atom stereocenters. The lowest BCUT2D eigenvalue weighted by atomic mass is 9.91. The van der Waals surface area contributed by atoms with Crippen LogP contribution in [0.15, 0.2) is 67.0 Å². The first-order valence-electron chi connectivity index (χ1n) is 10.1.